The molecule has 2 N–H and O–H groups in total. The van der Waals surface area contributed by atoms with Gasteiger partial charge in [-0.15, -0.1) is 0 Å². The first-order valence-electron chi connectivity index (χ1n) is 5.80. The molecule has 1 heterocycles. The molecule has 1 unspecified atom stereocenters. The molecule has 1 saturated carbocycles. The Morgan fingerprint density at radius 2 is 1.76 bits per heavy atom. The first-order valence-corrected chi connectivity index (χ1v) is 5.80. The Morgan fingerprint density at radius 3 is 2.24 bits per heavy atom. The highest BCUT2D eigenvalue weighted by molar-refractivity contribution is 5.44. The summed E-state index contributed by atoms with van der Waals surface area (Å²) in [5.41, 5.74) is 0.352. The van der Waals surface area contributed by atoms with Crippen LogP contribution in [0.3, 0.4) is 0 Å². The molecule has 2 rings (SSSR count). The second kappa shape index (κ2) is 4.01. The molecule has 1 aliphatic carbocycles. The molecule has 6 nitrogen and oxygen atoms in total. The zero-order chi connectivity index (χ0) is 12.6. The van der Waals surface area contributed by atoms with E-state index >= 15 is 0 Å². The Morgan fingerprint density at radius 1 is 1.18 bits per heavy atom. The van der Waals surface area contributed by atoms with Gasteiger partial charge in [0, 0.05) is 27.2 Å². The summed E-state index contributed by atoms with van der Waals surface area (Å²) in [6, 6.07) is 0.463. The van der Waals surface area contributed by atoms with Crippen molar-refractivity contribution in [3.05, 3.63) is 0 Å². The van der Waals surface area contributed by atoms with Crippen molar-refractivity contribution in [3.8, 4) is 0 Å². The van der Waals surface area contributed by atoms with E-state index in [1.165, 1.54) is 0 Å². The highest BCUT2D eigenvalue weighted by Crippen LogP contribution is 2.46. The maximum atomic E-state index is 4.38. The topological polar surface area (TPSA) is 66.0 Å². The number of hydrogen-bond donors (Lipinski definition) is 2. The molecular weight excluding hydrogens is 216 g/mol. The van der Waals surface area contributed by atoms with E-state index in [4.69, 9.17) is 0 Å². The lowest BCUT2D eigenvalue weighted by molar-refractivity contribution is 0.628. The molecule has 0 saturated heterocycles. The standard InChI is InChI=1S/C11H20N6/c1-11(2)6-7(11)13-9-14-8(12-3)15-10(16-9)17(4)5/h7H,6H2,1-5H3,(H2,12,13,14,15,16). The normalized spacial score (nSPS) is 20.9. The predicted octanol–water partition coefficient (Wildman–Crippen LogP) is 1.19. The van der Waals surface area contributed by atoms with Crippen LogP contribution >= 0.6 is 0 Å². The lowest BCUT2D eigenvalue weighted by Crippen LogP contribution is -2.18. The van der Waals surface area contributed by atoms with Gasteiger partial charge in [0.25, 0.3) is 0 Å². The van der Waals surface area contributed by atoms with Gasteiger partial charge in [-0.05, 0) is 11.8 Å². The molecule has 1 fully saturated rings. The van der Waals surface area contributed by atoms with Crippen molar-refractivity contribution in [1.29, 1.82) is 0 Å². The Balaban J connectivity index is 2.18. The van der Waals surface area contributed by atoms with Gasteiger partial charge >= 0.3 is 0 Å². The highest BCUT2D eigenvalue weighted by atomic mass is 15.3. The molecular formula is C11H20N6. The maximum Gasteiger partial charge on any atom is 0.231 e. The van der Waals surface area contributed by atoms with Crippen LogP contribution in [-0.2, 0) is 0 Å². The van der Waals surface area contributed by atoms with Crippen molar-refractivity contribution in [2.45, 2.75) is 26.3 Å². The zero-order valence-corrected chi connectivity index (χ0v) is 11.1. The molecule has 0 amide bonds. The van der Waals surface area contributed by atoms with E-state index in [2.05, 4.69) is 39.4 Å². The van der Waals surface area contributed by atoms with E-state index in [1.54, 1.807) is 7.05 Å². The smallest absolute Gasteiger partial charge is 0.231 e. The van der Waals surface area contributed by atoms with Crippen LogP contribution in [0.15, 0.2) is 0 Å². The summed E-state index contributed by atoms with van der Waals surface area (Å²) >= 11 is 0. The third-order valence-corrected chi connectivity index (χ3v) is 3.06. The molecule has 0 radical (unpaired) electrons. The fourth-order valence-corrected chi connectivity index (χ4v) is 1.61. The van der Waals surface area contributed by atoms with Gasteiger partial charge < -0.3 is 15.5 Å². The van der Waals surface area contributed by atoms with Gasteiger partial charge in [0.05, 0.1) is 0 Å². The molecule has 1 aliphatic rings. The number of hydrogen-bond acceptors (Lipinski definition) is 6. The fourth-order valence-electron chi connectivity index (χ4n) is 1.61. The van der Waals surface area contributed by atoms with Crippen LogP contribution in [0.4, 0.5) is 17.8 Å². The molecule has 0 spiro atoms. The Kier molecular flexibility index (Phi) is 2.81. The quantitative estimate of drug-likeness (QED) is 0.818. The fraction of sp³-hybridized carbons (Fsp3) is 0.727. The first kappa shape index (κ1) is 11.9. The Labute approximate surface area is 102 Å². The van der Waals surface area contributed by atoms with Crippen molar-refractivity contribution in [3.63, 3.8) is 0 Å². The molecule has 0 aromatic carbocycles. The minimum absolute atomic E-state index is 0.352. The Hall–Kier alpha value is -1.59. The average Bonchev–Trinajstić information content (AvgIpc) is 2.85. The zero-order valence-electron chi connectivity index (χ0n) is 11.1. The number of nitrogens with zero attached hydrogens (tertiary/aromatic N) is 4. The molecule has 0 aliphatic heterocycles. The van der Waals surface area contributed by atoms with E-state index in [0.29, 0.717) is 29.3 Å². The van der Waals surface area contributed by atoms with Crippen molar-refractivity contribution in [2.75, 3.05) is 36.7 Å². The van der Waals surface area contributed by atoms with Crippen LogP contribution in [-0.4, -0.2) is 42.1 Å². The van der Waals surface area contributed by atoms with Gasteiger partial charge in [0.2, 0.25) is 17.8 Å². The van der Waals surface area contributed by atoms with Crippen LogP contribution in [0.2, 0.25) is 0 Å². The van der Waals surface area contributed by atoms with Gasteiger partial charge in [-0.3, -0.25) is 0 Å². The summed E-state index contributed by atoms with van der Waals surface area (Å²) in [6.07, 6.45) is 1.16. The van der Waals surface area contributed by atoms with E-state index < -0.39 is 0 Å². The van der Waals surface area contributed by atoms with Gasteiger partial charge in [-0.1, -0.05) is 13.8 Å². The van der Waals surface area contributed by atoms with E-state index in [-0.39, 0.29) is 0 Å². The van der Waals surface area contributed by atoms with Crippen molar-refractivity contribution in [2.24, 2.45) is 5.41 Å². The van der Waals surface area contributed by atoms with Gasteiger partial charge in [-0.25, -0.2) is 0 Å². The molecule has 1 aromatic heterocycles. The second-order valence-electron chi connectivity index (χ2n) is 5.32. The predicted molar refractivity (Wildman–Crippen MR) is 69.5 cm³/mol. The number of rotatable bonds is 4. The lowest BCUT2D eigenvalue weighted by Gasteiger charge is -2.13. The number of anilines is 3. The van der Waals surface area contributed by atoms with Gasteiger partial charge in [0.1, 0.15) is 0 Å². The summed E-state index contributed by atoms with van der Waals surface area (Å²) in [4.78, 5) is 14.8. The molecule has 0 bridgehead atoms. The molecule has 1 aromatic rings. The van der Waals surface area contributed by atoms with Crippen LogP contribution < -0.4 is 15.5 Å². The number of nitrogens with one attached hydrogen (secondary N) is 2. The average molecular weight is 236 g/mol. The summed E-state index contributed by atoms with van der Waals surface area (Å²) in [6.45, 7) is 4.47. The molecule has 94 valence electrons. The van der Waals surface area contributed by atoms with Crippen molar-refractivity contribution >= 4 is 17.8 Å². The van der Waals surface area contributed by atoms with Crippen LogP contribution in [0, 0.1) is 5.41 Å². The highest BCUT2D eigenvalue weighted by Gasteiger charge is 2.46. The minimum Gasteiger partial charge on any atom is -0.357 e. The van der Waals surface area contributed by atoms with Crippen molar-refractivity contribution < 1.29 is 0 Å². The summed E-state index contributed by atoms with van der Waals surface area (Å²) < 4.78 is 0. The van der Waals surface area contributed by atoms with E-state index in [0.717, 1.165) is 6.42 Å². The first-order chi connectivity index (χ1) is 7.92. The van der Waals surface area contributed by atoms with E-state index in [1.807, 2.05) is 19.0 Å². The monoisotopic (exact) mass is 236 g/mol. The summed E-state index contributed by atoms with van der Waals surface area (Å²) in [5, 5.41) is 6.30. The van der Waals surface area contributed by atoms with E-state index in [9.17, 15) is 0 Å². The van der Waals surface area contributed by atoms with Crippen LogP contribution in [0.25, 0.3) is 0 Å². The lowest BCUT2D eigenvalue weighted by atomic mass is 10.2. The van der Waals surface area contributed by atoms with Crippen molar-refractivity contribution in [1.82, 2.24) is 15.0 Å². The van der Waals surface area contributed by atoms with Gasteiger partial charge in [0.15, 0.2) is 0 Å². The molecule has 6 heteroatoms. The SMILES string of the molecule is CNc1nc(NC2CC2(C)C)nc(N(C)C)n1. The molecule has 1 atom stereocenters. The Bertz CT molecular complexity index is 414. The third kappa shape index (κ3) is 2.57. The van der Waals surface area contributed by atoms with Gasteiger partial charge in [-0.2, -0.15) is 15.0 Å². The third-order valence-electron chi connectivity index (χ3n) is 3.06. The largest absolute Gasteiger partial charge is 0.357 e. The summed E-state index contributed by atoms with van der Waals surface area (Å²) in [5.74, 6) is 1.89. The van der Waals surface area contributed by atoms with Crippen LogP contribution in [0.5, 0.6) is 0 Å². The number of aromatic nitrogens is 3. The van der Waals surface area contributed by atoms with Crippen LogP contribution in [0.1, 0.15) is 20.3 Å². The maximum absolute atomic E-state index is 4.38. The minimum atomic E-state index is 0.352. The second-order valence-corrected chi connectivity index (χ2v) is 5.32. The molecule has 17 heavy (non-hydrogen) atoms. The summed E-state index contributed by atoms with van der Waals surface area (Å²) in [7, 11) is 5.64.